The zero-order valence-corrected chi connectivity index (χ0v) is 12.6. The number of aromatic nitrogens is 2. The lowest BCUT2D eigenvalue weighted by Crippen LogP contribution is -2.27. The molecule has 21 heavy (non-hydrogen) atoms. The fourth-order valence-corrected chi connectivity index (χ4v) is 3.32. The molecule has 0 unspecified atom stereocenters. The van der Waals surface area contributed by atoms with Crippen molar-refractivity contribution in [3.05, 3.63) is 41.0 Å². The summed E-state index contributed by atoms with van der Waals surface area (Å²) in [4.78, 5) is 3.99. The largest absolute Gasteiger partial charge is 0.392 e. The smallest absolute Gasteiger partial charge is 0.240 e. The van der Waals surface area contributed by atoms with Gasteiger partial charge in [0.1, 0.15) is 0 Å². The van der Waals surface area contributed by atoms with E-state index in [-0.39, 0.29) is 18.0 Å². The van der Waals surface area contributed by atoms with Crippen LogP contribution in [0, 0.1) is 13.8 Å². The third-order valence-electron chi connectivity index (χ3n) is 3.14. The first-order chi connectivity index (χ1) is 9.94. The van der Waals surface area contributed by atoms with Gasteiger partial charge < -0.3 is 9.63 Å². The molecule has 0 saturated carbocycles. The fraction of sp³-hybridized carbons (Fsp3) is 0.385. The van der Waals surface area contributed by atoms with Gasteiger partial charge in [-0.05, 0) is 36.6 Å². The van der Waals surface area contributed by atoms with Gasteiger partial charge in [-0.15, -0.1) is 0 Å². The second-order valence-electron chi connectivity index (χ2n) is 4.70. The van der Waals surface area contributed by atoms with Crippen molar-refractivity contribution in [3.63, 3.8) is 0 Å². The van der Waals surface area contributed by atoms with Crippen LogP contribution in [0.15, 0.2) is 27.9 Å². The Kier molecular flexibility index (Phi) is 4.71. The van der Waals surface area contributed by atoms with Crippen molar-refractivity contribution in [3.8, 4) is 0 Å². The molecule has 0 aliphatic rings. The minimum atomic E-state index is -3.64. The lowest BCUT2D eigenvalue weighted by molar-refractivity contribution is 0.280. The van der Waals surface area contributed by atoms with Crippen LogP contribution in [0.25, 0.3) is 0 Å². The first-order valence-electron chi connectivity index (χ1n) is 6.40. The number of sulfonamides is 1. The van der Waals surface area contributed by atoms with Crippen molar-refractivity contribution in [2.45, 2.75) is 31.8 Å². The zero-order chi connectivity index (χ0) is 15.5. The van der Waals surface area contributed by atoms with Crippen LogP contribution in [0.5, 0.6) is 0 Å². The van der Waals surface area contributed by atoms with Gasteiger partial charge in [0.2, 0.25) is 16.4 Å². The number of rotatable bonds is 6. The van der Waals surface area contributed by atoms with Gasteiger partial charge in [0.05, 0.1) is 11.5 Å². The minimum absolute atomic E-state index is 0.170. The highest BCUT2D eigenvalue weighted by Crippen LogP contribution is 2.20. The molecule has 2 N–H and O–H groups in total. The monoisotopic (exact) mass is 311 g/mol. The van der Waals surface area contributed by atoms with Gasteiger partial charge in [0.25, 0.3) is 0 Å². The van der Waals surface area contributed by atoms with E-state index in [0.717, 1.165) is 5.56 Å². The van der Waals surface area contributed by atoms with Crippen LogP contribution in [0.1, 0.15) is 22.5 Å². The van der Waals surface area contributed by atoms with Gasteiger partial charge in [0, 0.05) is 13.0 Å². The molecule has 0 atom stereocenters. The summed E-state index contributed by atoms with van der Waals surface area (Å²) in [5.74, 6) is 0.439. The number of aliphatic hydroxyl groups excluding tert-OH is 1. The topological polar surface area (TPSA) is 105 Å². The van der Waals surface area contributed by atoms with E-state index in [1.165, 1.54) is 12.5 Å². The Morgan fingerprint density at radius 2 is 2.05 bits per heavy atom. The van der Waals surface area contributed by atoms with Crippen LogP contribution in [0.3, 0.4) is 0 Å². The standard InChI is InChI=1S/C13H17N3O4S/c1-9-5-10(2)12(6-11(9)7-17)21(18,19)15-4-3-13-14-8-20-16-13/h5-6,8,15,17H,3-4,7H2,1-2H3. The lowest BCUT2D eigenvalue weighted by atomic mass is 10.1. The van der Waals surface area contributed by atoms with E-state index >= 15 is 0 Å². The number of aryl methyl sites for hydroxylation is 2. The second kappa shape index (κ2) is 6.33. The van der Waals surface area contributed by atoms with Crippen molar-refractivity contribution in [1.29, 1.82) is 0 Å². The predicted molar refractivity (Wildman–Crippen MR) is 75.0 cm³/mol. The first kappa shape index (κ1) is 15.6. The molecule has 8 heteroatoms. The van der Waals surface area contributed by atoms with E-state index in [2.05, 4.69) is 19.4 Å². The van der Waals surface area contributed by atoms with Crippen LogP contribution >= 0.6 is 0 Å². The van der Waals surface area contributed by atoms with Gasteiger partial charge in [-0.2, -0.15) is 4.98 Å². The Bertz CT molecular complexity index is 711. The second-order valence-corrected chi connectivity index (χ2v) is 6.43. The van der Waals surface area contributed by atoms with E-state index in [9.17, 15) is 13.5 Å². The van der Waals surface area contributed by atoms with E-state index in [1.807, 2.05) is 6.92 Å². The lowest BCUT2D eigenvalue weighted by Gasteiger charge is -2.12. The molecule has 0 aliphatic heterocycles. The quantitative estimate of drug-likeness (QED) is 0.813. The maximum atomic E-state index is 12.3. The predicted octanol–water partition coefficient (Wildman–Crippen LogP) is 0.700. The first-order valence-corrected chi connectivity index (χ1v) is 7.88. The Hall–Kier alpha value is -1.77. The highest BCUT2D eigenvalue weighted by atomic mass is 32.2. The molecule has 0 spiro atoms. The van der Waals surface area contributed by atoms with Crippen molar-refractivity contribution in [2.75, 3.05) is 6.54 Å². The highest BCUT2D eigenvalue weighted by Gasteiger charge is 2.18. The molecule has 0 bridgehead atoms. The molecule has 0 aliphatic carbocycles. The average Bonchev–Trinajstić information content (AvgIpc) is 2.91. The van der Waals surface area contributed by atoms with Gasteiger partial charge in [0.15, 0.2) is 5.82 Å². The normalized spacial score (nSPS) is 11.8. The van der Waals surface area contributed by atoms with Crippen LogP contribution in [0.2, 0.25) is 0 Å². The number of nitrogens with one attached hydrogen (secondary N) is 1. The van der Waals surface area contributed by atoms with Gasteiger partial charge >= 0.3 is 0 Å². The SMILES string of the molecule is Cc1cc(C)c(S(=O)(=O)NCCc2ncon2)cc1CO. The molecule has 1 heterocycles. The summed E-state index contributed by atoms with van der Waals surface area (Å²) in [6.45, 7) is 3.53. The number of nitrogens with zero attached hydrogens (tertiary/aromatic N) is 2. The highest BCUT2D eigenvalue weighted by molar-refractivity contribution is 7.89. The summed E-state index contributed by atoms with van der Waals surface area (Å²) in [6.07, 6.45) is 1.54. The Morgan fingerprint density at radius 1 is 1.29 bits per heavy atom. The number of hydrogen-bond acceptors (Lipinski definition) is 6. The summed E-state index contributed by atoms with van der Waals surface area (Å²) in [6, 6.07) is 3.25. The molecule has 0 fully saturated rings. The van der Waals surface area contributed by atoms with Crippen molar-refractivity contribution in [1.82, 2.24) is 14.9 Å². The van der Waals surface area contributed by atoms with Gasteiger partial charge in [-0.1, -0.05) is 11.2 Å². The fourth-order valence-electron chi connectivity index (χ4n) is 2.01. The van der Waals surface area contributed by atoms with E-state index in [1.54, 1.807) is 13.0 Å². The molecule has 2 aromatic rings. The molecular formula is C13H17N3O4S. The molecule has 0 radical (unpaired) electrons. The molecule has 0 saturated heterocycles. The number of aliphatic hydroxyl groups is 1. The maximum Gasteiger partial charge on any atom is 0.240 e. The molecule has 114 valence electrons. The molecule has 0 amide bonds. The summed E-state index contributed by atoms with van der Waals surface area (Å²) >= 11 is 0. The summed E-state index contributed by atoms with van der Waals surface area (Å²) in [5, 5.41) is 12.9. The van der Waals surface area contributed by atoms with Crippen molar-refractivity contribution < 1.29 is 18.0 Å². The molecule has 1 aromatic carbocycles. The maximum absolute atomic E-state index is 12.3. The molecule has 1 aromatic heterocycles. The number of benzene rings is 1. The third kappa shape index (κ3) is 3.66. The van der Waals surface area contributed by atoms with Crippen molar-refractivity contribution in [2.24, 2.45) is 0 Å². The van der Waals surface area contributed by atoms with Crippen LogP contribution in [-0.4, -0.2) is 30.2 Å². The van der Waals surface area contributed by atoms with E-state index < -0.39 is 10.0 Å². The Labute approximate surface area is 123 Å². The van der Waals surface area contributed by atoms with Crippen LogP contribution in [0.4, 0.5) is 0 Å². The number of hydrogen-bond donors (Lipinski definition) is 2. The zero-order valence-electron chi connectivity index (χ0n) is 11.8. The van der Waals surface area contributed by atoms with E-state index in [4.69, 9.17) is 0 Å². The van der Waals surface area contributed by atoms with Crippen molar-refractivity contribution >= 4 is 10.0 Å². The van der Waals surface area contributed by atoms with Crippen LogP contribution < -0.4 is 4.72 Å². The summed E-state index contributed by atoms with van der Waals surface area (Å²) in [7, 11) is -3.64. The summed E-state index contributed by atoms with van der Waals surface area (Å²) < 4.78 is 31.7. The Morgan fingerprint density at radius 3 is 2.67 bits per heavy atom. The van der Waals surface area contributed by atoms with Gasteiger partial charge in [-0.3, -0.25) is 0 Å². The third-order valence-corrected chi connectivity index (χ3v) is 4.74. The average molecular weight is 311 g/mol. The van der Waals surface area contributed by atoms with Crippen LogP contribution in [-0.2, 0) is 23.1 Å². The van der Waals surface area contributed by atoms with Gasteiger partial charge in [-0.25, -0.2) is 13.1 Å². The Balaban J connectivity index is 2.15. The molecule has 7 nitrogen and oxygen atoms in total. The molecular weight excluding hydrogens is 294 g/mol. The summed E-state index contributed by atoms with van der Waals surface area (Å²) in [5.41, 5.74) is 2.09. The minimum Gasteiger partial charge on any atom is -0.392 e. The molecule has 2 rings (SSSR count). The van der Waals surface area contributed by atoms with E-state index in [0.29, 0.717) is 23.4 Å².